The maximum absolute atomic E-state index is 12.2. The van der Waals surface area contributed by atoms with E-state index < -0.39 is 10.0 Å². The number of anilines is 1. The first-order valence-electron chi connectivity index (χ1n) is 5.55. The van der Waals surface area contributed by atoms with Crippen LogP contribution in [0.2, 0.25) is 0 Å². The van der Waals surface area contributed by atoms with E-state index in [1.165, 1.54) is 23.7 Å². The van der Waals surface area contributed by atoms with Gasteiger partial charge in [-0.15, -0.1) is 11.3 Å². The molecule has 0 fully saturated rings. The molecule has 0 aliphatic heterocycles. The molecule has 2 heterocycles. The molecule has 0 aliphatic carbocycles. The molecule has 0 aromatic carbocycles. The molecular weight excluding hydrogens is 284 g/mol. The van der Waals surface area contributed by atoms with Crippen molar-refractivity contribution in [3.8, 4) is 0 Å². The Balaban J connectivity index is 2.18. The Morgan fingerprint density at radius 2 is 2.21 bits per heavy atom. The van der Waals surface area contributed by atoms with E-state index in [1.54, 1.807) is 13.1 Å². The lowest BCUT2D eigenvalue weighted by atomic mass is 10.4. The first-order valence-corrected chi connectivity index (χ1v) is 7.91. The van der Waals surface area contributed by atoms with E-state index in [-0.39, 0.29) is 11.4 Å². The van der Waals surface area contributed by atoms with Crippen LogP contribution >= 0.6 is 11.3 Å². The van der Waals surface area contributed by atoms with Crippen LogP contribution in [0.1, 0.15) is 10.7 Å². The van der Waals surface area contributed by atoms with Crippen LogP contribution < -0.4 is 10.0 Å². The van der Waals surface area contributed by atoms with Crippen LogP contribution in [0.25, 0.3) is 0 Å². The van der Waals surface area contributed by atoms with Crippen molar-refractivity contribution in [3.05, 3.63) is 34.5 Å². The lowest BCUT2D eigenvalue weighted by Gasteiger charge is -2.09. The summed E-state index contributed by atoms with van der Waals surface area (Å²) >= 11 is 1.49. The van der Waals surface area contributed by atoms with Gasteiger partial charge >= 0.3 is 0 Å². The maximum Gasteiger partial charge on any atom is 0.244 e. The molecule has 0 spiro atoms. The fraction of sp³-hybridized carbons (Fsp3) is 0.273. The number of nitrogens with zero attached hydrogens (tertiary/aromatic N) is 2. The summed E-state index contributed by atoms with van der Waals surface area (Å²) < 4.78 is 26.9. The minimum absolute atomic E-state index is 0.129. The summed E-state index contributed by atoms with van der Waals surface area (Å²) in [5, 5.41) is 5.57. The zero-order valence-electron chi connectivity index (χ0n) is 10.5. The van der Waals surface area contributed by atoms with Crippen LogP contribution in [-0.2, 0) is 16.6 Å². The predicted molar refractivity (Wildman–Crippen MR) is 74.7 cm³/mol. The van der Waals surface area contributed by atoms with Crippen molar-refractivity contribution < 1.29 is 8.42 Å². The minimum Gasteiger partial charge on any atom is -0.387 e. The van der Waals surface area contributed by atoms with Gasteiger partial charge in [-0.05, 0) is 13.0 Å². The van der Waals surface area contributed by atoms with Crippen LogP contribution in [-0.4, -0.2) is 25.4 Å². The standard InChI is InChI=1S/C11H14N4O2S2/c1-8-15-9(7-18-8)5-14-19(16,17)11-6-13-4-3-10(11)12-2/h3-4,6-7,14H,5H2,1-2H3,(H,12,13). The summed E-state index contributed by atoms with van der Waals surface area (Å²) in [5.74, 6) is 0. The smallest absolute Gasteiger partial charge is 0.244 e. The second-order valence-corrected chi connectivity index (χ2v) is 6.60. The van der Waals surface area contributed by atoms with Crippen molar-refractivity contribution in [1.82, 2.24) is 14.7 Å². The second-order valence-electron chi connectivity index (χ2n) is 3.80. The quantitative estimate of drug-likeness (QED) is 0.871. The summed E-state index contributed by atoms with van der Waals surface area (Å²) in [6.07, 6.45) is 2.86. The van der Waals surface area contributed by atoms with E-state index in [2.05, 4.69) is 20.0 Å². The van der Waals surface area contributed by atoms with Crippen LogP contribution in [0.4, 0.5) is 5.69 Å². The molecule has 0 radical (unpaired) electrons. The Bertz CT molecular complexity index is 667. The number of hydrogen-bond donors (Lipinski definition) is 2. The largest absolute Gasteiger partial charge is 0.387 e. The molecule has 0 unspecified atom stereocenters. The lowest BCUT2D eigenvalue weighted by Crippen LogP contribution is -2.24. The normalized spacial score (nSPS) is 11.5. The molecular formula is C11H14N4O2S2. The Morgan fingerprint density at radius 1 is 1.42 bits per heavy atom. The van der Waals surface area contributed by atoms with Crippen LogP contribution in [0.5, 0.6) is 0 Å². The molecule has 2 aromatic heterocycles. The van der Waals surface area contributed by atoms with Gasteiger partial charge in [0.1, 0.15) is 4.90 Å². The van der Waals surface area contributed by atoms with Gasteiger partial charge in [0.05, 0.1) is 22.9 Å². The van der Waals surface area contributed by atoms with Gasteiger partial charge in [0.25, 0.3) is 0 Å². The van der Waals surface area contributed by atoms with Crippen molar-refractivity contribution in [1.29, 1.82) is 0 Å². The van der Waals surface area contributed by atoms with Gasteiger partial charge in [-0.1, -0.05) is 0 Å². The van der Waals surface area contributed by atoms with Crippen LogP contribution in [0, 0.1) is 6.92 Å². The van der Waals surface area contributed by atoms with Crippen molar-refractivity contribution in [2.24, 2.45) is 0 Å². The summed E-state index contributed by atoms with van der Waals surface area (Å²) in [6.45, 7) is 2.05. The van der Waals surface area contributed by atoms with E-state index in [4.69, 9.17) is 0 Å². The van der Waals surface area contributed by atoms with Crippen molar-refractivity contribution in [3.63, 3.8) is 0 Å². The molecule has 19 heavy (non-hydrogen) atoms. The van der Waals surface area contributed by atoms with Crippen LogP contribution in [0.3, 0.4) is 0 Å². The first-order chi connectivity index (χ1) is 9.03. The van der Waals surface area contributed by atoms with Crippen molar-refractivity contribution >= 4 is 27.0 Å². The summed E-state index contributed by atoms with van der Waals surface area (Å²) in [6, 6.07) is 1.61. The van der Waals surface area contributed by atoms with Crippen LogP contribution in [0.15, 0.2) is 28.7 Å². The molecule has 8 heteroatoms. The Morgan fingerprint density at radius 3 is 2.84 bits per heavy atom. The molecule has 102 valence electrons. The van der Waals surface area contributed by atoms with Gasteiger partial charge in [0, 0.05) is 24.8 Å². The fourth-order valence-electron chi connectivity index (χ4n) is 1.54. The van der Waals surface area contributed by atoms with Gasteiger partial charge in [0.15, 0.2) is 0 Å². The van der Waals surface area contributed by atoms with Gasteiger partial charge in [-0.2, -0.15) is 0 Å². The van der Waals surface area contributed by atoms with Crippen molar-refractivity contribution in [2.45, 2.75) is 18.4 Å². The van der Waals surface area contributed by atoms with E-state index in [0.717, 1.165) is 5.01 Å². The molecule has 2 aromatic rings. The molecule has 0 bridgehead atoms. The summed E-state index contributed by atoms with van der Waals surface area (Å²) in [7, 11) is -1.94. The van der Waals surface area contributed by atoms with Gasteiger partial charge in [-0.3, -0.25) is 4.98 Å². The van der Waals surface area contributed by atoms with E-state index in [0.29, 0.717) is 11.4 Å². The molecule has 0 saturated heterocycles. The Kier molecular flexibility index (Phi) is 4.13. The third-order valence-electron chi connectivity index (χ3n) is 2.45. The molecule has 0 saturated carbocycles. The average Bonchev–Trinajstić information content (AvgIpc) is 2.82. The number of rotatable bonds is 5. The number of thiazole rings is 1. The van der Waals surface area contributed by atoms with Gasteiger partial charge < -0.3 is 5.32 Å². The number of aryl methyl sites for hydroxylation is 1. The fourth-order valence-corrected chi connectivity index (χ4v) is 3.30. The number of sulfonamides is 1. The zero-order valence-corrected chi connectivity index (χ0v) is 12.2. The SMILES string of the molecule is CNc1ccncc1S(=O)(=O)NCc1csc(C)n1. The Hall–Kier alpha value is -1.51. The first kappa shape index (κ1) is 13.9. The highest BCUT2D eigenvalue weighted by Gasteiger charge is 2.18. The van der Waals surface area contributed by atoms with Gasteiger partial charge in [-0.25, -0.2) is 18.1 Å². The van der Waals surface area contributed by atoms with E-state index in [1.807, 2.05) is 12.3 Å². The molecule has 0 aliphatic rings. The lowest BCUT2D eigenvalue weighted by molar-refractivity contribution is 0.580. The number of aromatic nitrogens is 2. The summed E-state index contributed by atoms with van der Waals surface area (Å²) in [4.78, 5) is 8.19. The highest BCUT2D eigenvalue weighted by molar-refractivity contribution is 7.89. The monoisotopic (exact) mass is 298 g/mol. The third-order valence-corrected chi connectivity index (χ3v) is 4.70. The van der Waals surface area contributed by atoms with Gasteiger partial charge in [0.2, 0.25) is 10.0 Å². The Labute approximate surface area is 116 Å². The third kappa shape index (κ3) is 3.28. The molecule has 6 nitrogen and oxygen atoms in total. The minimum atomic E-state index is -3.60. The maximum atomic E-state index is 12.2. The zero-order chi connectivity index (χ0) is 13.9. The molecule has 0 amide bonds. The number of pyridine rings is 1. The second kappa shape index (κ2) is 5.64. The van der Waals surface area contributed by atoms with E-state index >= 15 is 0 Å². The average molecular weight is 298 g/mol. The highest BCUT2D eigenvalue weighted by atomic mass is 32.2. The molecule has 0 atom stereocenters. The molecule has 2 N–H and O–H groups in total. The number of nitrogens with one attached hydrogen (secondary N) is 2. The van der Waals surface area contributed by atoms with Crippen molar-refractivity contribution in [2.75, 3.05) is 12.4 Å². The topological polar surface area (TPSA) is 84.0 Å². The molecule has 2 rings (SSSR count). The predicted octanol–water partition coefficient (Wildman–Crippen LogP) is 1.37. The summed E-state index contributed by atoms with van der Waals surface area (Å²) in [5.41, 5.74) is 1.22. The van der Waals surface area contributed by atoms with E-state index in [9.17, 15) is 8.42 Å². The highest BCUT2D eigenvalue weighted by Crippen LogP contribution is 2.19. The number of hydrogen-bond acceptors (Lipinski definition) is 6.